The summed E-state index contributed by atoms with van der Waals surface area (Å²) in [6, 6.07) is 0.398. The quantitative estimate of drug-likeness (QED) is 0.743. The highest BCUT2D eigenvalue weighted by Crippen LogP contribution is 2.24. The Labute approximate surface area is 117 Å². The second-order valence-corrected chi connectivity index (χ2v) is 5.74. The van der Waals surface area contributed by atoms with Crippen LogP contribution in [0.3, 0.4) is 0 Å². The van der Waals surface area contributed by atoms with Crippen molar-refractivity contribution in [1.82, 2.24) is 4.90 Å². The zero-order valence-corrected chi connectivity index (χ0v) is 12.4. The Balaban J connectivity index is 1.96. The summed E-state index contributed by atoms with van der Waals surface area (Å²) in [5.74, 6) is 0.112. The fourth-order valence-electron chi connectivity index (χ4n) is 2.77. The maximum absolute atomic E-state index is 12.5. The maximum Gasteiger partial charge on any atom is 0.254 e. The first-order valence-electron chi connectivity index (χ1n) is 6.88. The SMILES string of the molecule is O=C(C1COCCO1)N(CCBr)C1CCCCC1. The molecule has 0 aromatic rings. The van der Waals surface area contributed by atoms with Gasteiger partial charge in [0.15, 0.2) is 6.10 Å². The summed E-state index contributed by atoms with van der Waals surface area (Å²) in [6.45, 7) is 2.31. The molecule has 1 saturated carbocycles. The lowest BCUT2D eigenvalue weighted by molar-refractivity contribution is -0.160. The molecule has 2 rings (SSSR count). The molecule has 0 radical (unpaired) electrons. The molecule has 18 heavy (non-hydrogen) atoms. The van der Waals surface area contributed by atoms with Crippen molar-refractivity contribution < 1.29 is 14.3 Å². The van der Waals surface area contributed by atoms with E-state index in [-0.39, 0.29) is 12.0 Å². The van der Waals surface area contributed by atoms with Crippen molar-refractivity contribution in [3.63, 3.8) is 0 Å². The van der Waals surface area contributed by atoms with Crippen LogP contribution in [-0.2, 0) is 14.3 Å². The van der Waals surface area contributed by atoms with Gasteiger partial charge in [-0.05, 0) is 12.8 Å². The monoisotopic (exact) mass is 319 g/mol. The molecule has 4 nitrogen and oxygen atoms in total. The van der Waals surface area contributed by atoms with Gasteiger partial charge >= 0.3 is 0 Å². The van der Waals surface area contributed by atoms with Crippen LogP contribution in [0.25, 0.3) is 0 Å². The van der Waals surface area contributed by atoms with Gasteiger partial charge in [0.25, 0.3) is 5.91 Å². The standard InChI is InChI=1S/C13H22BrNO3/c14-6-7-15(11-4-2-1-3-5-11)13(16)12-10-17-8-9-18-12/h11-12H,1-10H2. The van der Waals surface area contributed by atoms with E-state index >= 15 is 0 Å². The number of carbonyl (C=O) groups is 1. The van der Waals surface area contributed by atoms with Crippen LogP contribution in [-0.4, -0.2) is 54.6 Å². The molecule has 2 fully saturated rings. The van der Waals surface area contributed by atoms with Gasteiger partial charge in [-0.15, -0.1) is 0 Å². The van der Waals surface area contributed by atoms with E-state index in [1.807, 2.05) is 4.90 Å². The first-order chi connectivity index (χ1) is 8.83. The van der Waals surface area contributed by atoms with E-state index in [9.17, 15) is 4.79 Å². The molecule has 0 aromatic carbocycles. The molecule has 1 aliphatic heterocycles. The van der Waals surface area contributed by atoms with Gasteiger partial charge in [-0.3, -0.25) is 4.79 Å². The van der Waals surface area contributed by atoms with Crippen LogP contribution in [0.4, 0.5) is 0 Å². The van der Waals surface area contributed by atoms with Crippen molar-refractivity contribution in [2.75, 3.05) is 31.7 Å². The predicted molar refractivity (Wildman–Crippen MR) is 72.9 cm³/mol. The first kappa shape index (κ1) is 14.3. The van der Waals surface area contributed by atoms with Gasteiger partial charge in [0.05, 0.1) is 19.8 Å². The number of halogens is 1. The molecule has 0 spiro atoms. The highest BCUT2D eigenvalue weighted by Gasteiger charge is 2.32. The van der Waals surface area contributed by atoms with Gasteiger partial charge in [-0.2, -0.15) is 0 Å². The summed E-state index contributed by atoms with van der Waals surface area (Å²) >= 11 is 3.44. The lowest BCUT2D eigenvalue weighted by atomic mass is 9.94. The van der Waals surface area contributed by atoms with Gasteiger partial charge in [-0.1, -0.05) is 35.2 Å². The van der Waals surface area contributed by atoms with Crippen molar-refractivity contribution in [3.05, 3.63) is 0 Å². The highest BCUT2D eigenvalue weighted by molar-refractivity contribution is 9.09. The van der Waals surface area contributed by atoms with Crippen molar-refractivity contribution >= 4 is 21.8 Å². The summed E-state index contributed by atoms with van der Waals surface area (Å²) in [5, 5.41) is 0.822. The largest absolute Gasteiger partial charge is 0.376 e. The fraction of sp³-hybridized carbons (Fsp3) is 0.923. The van der Waals surface area contributed by atoms with Crippen molar-refractivity contribution in [1.29, 1.82) is 0 Å². The minimum absolute atomic E-state index is 0.112. The maximum atomic E-state index is 12.5. The van der Waals surface area contributed by atoms with Gasteiger partial charge < -0.3 is 14.4 Å². The molecular formula is C13H22BrNO3. The molecule has 1 atom stereocenters. The zero-order chi connectivity index (χ0) is 12.8. The Hall–Kier alpha value is -0.130. The average molecular weight is 320 g/mol. The Kier molecular flexibility index (Phi) is 5.92. The highest BCUT2D eigenvalue weighted by atomic mass is 79.9. The Morgan fingerprint density at radius 1 is 1.22 bits per heavy atom. The molecule has 1 saturated heterocycles. The molecule has 1 aliphatic carbocycles. The molecule has 5 heteroatoms. The second kappa shape index (κ2) is 7.46. The van der Waals surface area contributed by atoms with Gasteiger partial charge in [0.2, 0.25) is 0 Å². The van der Waals surface area contributed by atoms with Gasteiger partial charge in [0, 0.05) is 17.9 Å². The molecule has 1 heterocycles. The van der Waals surface area contributed by atoms with E-state index in [4.69, 9.17) is 9.47 Å². The summed E-state index contributed by atoms with van der Waals surface area (Å²) in [5.41, 5.74) is 0. The number of nitrogens with zero attached hydrogens (tertiary/aromatic N) is 1. The minimum atomic E-state index is -0.389. The number of hydrogen-bond donors (Lipinski definition) is 0. The van der Waals surface area contributed by atoms with Gasteiger partial charge in [-0.25, -0.2) is 0 Å². The summed E-state index contributed by atoms with van der Waals surface area (Å²) < 4.78 is 10.9. The third kappa shape index (κ3) is 3.68. The van der Waals surface area contributed by atoms with Crippen LogP contribution < -0.4 is 0 Å². The average Bonchev–Trinajstić information content (AvgIpc) is 2.46. The van der Waals surface area contributed by atoms with Crippen molar-refractivity contribution in [3.8, 4) is 0 Å². The van der Waals surface area contributed by atoms with E-state index in [1.54, 1.807) is 0 Å². The molecule has 0 aromatic heterocycles. The minimum Gasteiger partial charge on any atom is -0.376 e. The van der Waals surface area contributed by atoms with E-state index < -0.39 is 0 Å². The number of carbonyl (C=O) groups excluding carboxylic acids is 1. The molecule has 0 bridgehead atoms. The normalized spacial score (nSPS) is 25.9. The lowest BCUT2D eigenvalue weighted by Gasteiger charge is -2.37. The van der Waals surface area contributed by atoms with Crippen LogP contribution in [0, 0.1) is 0 Å². The third-order valence-electron chi connectivity index (χ3n) is 3.72. The van der Waals surface area contributed by atoms with Crippen LogP contribution in [0.2, 0.25) is 0 Å². The molecule has 104 valence electrons. The number of rotatable bonds is 4. The van der Waals surface area contributed by atoms with Crippen molar-refractivity contribution in [2.24, 2.45) is 0 Å². The first-order valence-corrected chi connectivity index (χ1v) is 8.01. The number of ether oxygens (including phenoxy) is 2. The van der Waals surface area contributed by atoms with E-state index in [1.165, 1.54) is 19.3 Å². The number of alkyl halides is 1. The Morgan fingerprint density at radius 2 is 2.00 bits per heavy atom. The van der Waals surface area contributed by atoms with E-state index in [0.717, 1.165) is 24.7 Å². The topological polar surface area (TPSA) is 38.8 Å². The summed E-state index contributed by atoms with van der Waals surface area (Å²) in [7, 11) is 0. The Morgan fingerprint density at radius 3 is 2.61 bits per heavy atom. The summed E-state index contributed by atoms with van der Waals surface area (Å²) in [4.78, 5) is 14.5. The van der Waals surface area contributed by atoms with Crippen LogP contribution in [0.15, 0.2) is 0 Å². The number of amides is 1. The van der Waals surface area contributed by atoms with E-state index in [0.29, 0.717) is 25.9 Å². The molecule has 0 N–H and O–H groups in total. The fourth-order valence-corrected chi connectivity index (χ4v) is 3.15. The zero-order valence-electron chi connectivity index (χ0n) is 10.8. The lowest BCUT2D eigenvalue weighted by Crippen LogP contribution is -2.50. The molecule has 2 aliphatic rings. The van der Waals surface area contributed by atoms with Gasteiger partial charge in [0.1, 0.15) is 0 Å². The van der Waals surface area contributed by atoms with Crippen LogP contribution in [0.5, 0.6) is 0 Å². The smallest absolute Gasteiger partial charge is 0.254 e. The van der Waals surface area contributed by atoms with Crippen LogP contribution >= 0.6 is 15.9 Å². The molecule has 1 unspecified atom stereocenters. The molecular weight excluding hydrogens is 298 g/mol. The second-order valence-electron chi connectivity index (χ2n) is 4.95. The third-order valence-corrected chi connectivity index (χ3v) is 4.07. The summed E-state index contributed by atoms with van der Waals surface area (Å²) in [6.07, 6.45) is 5.64. The predicted octanol–water partition coefficient (Wildman–Crippen LogP) is 1.96. The van der Waals surface area contributed by atoms with Crippen LogP contribution in [0.1, 0.15) is 32.1 Å². The Bertz CT molecular complexity index is 263. The van der Waals surface area contributed by atoms with E-state index in [2.05, 4.69) is 15.9 Å². The van der Waals surface area contributed by atoms with Crippen molar-refractivity contribution in [2.45, 2.75) is 44.2 Å². The number of hydrogen-bond acceptors (Lipinski definition) is 3. The molecule has 1 amide bonds.